The number of carbonyl (C=O) groups is 1. The van der Waals surface area contributed by atoms with Gasteiger partial charge in [0.15, 0.2) is 0 Å². The maximum Gasteiger partial charge on any atom is 0.407 e. The number of nitrogens with zero attached hydrogens (tertiary/aromatic N) is 1. The number of carbonyl (C=O) groups excluding carboxylic acids is 1. The van der Waals surface area contributed by atoms with Gasteiger partial charge in [0, 0.05) is 31.7 Å². The molecule has 1 aromatic carbocycles. The van der Waals surface area contributed by atoms with E-state index in [9.17, 15) is 4.79 Å². The minimum atomic E-state index is -0.329. The normalized spacial score (nSPS) is 26.0. The number of hydrogen-bond acceptors (Lipinski definition) is 4. The summed E-state index contributed by atoms with van der Waals surface area (Å²) in [5, 5.41) is 6.41. The molecule has 0 spiro atoms. The number of rotatable bonds is 2. The molecule has 0 saturated carbocycles. The molecule has 1 saturated heterocycles. The molecular formula is C16H23N3O2. The summed E-state index contributed by atoms with van der Waals surface area (Å²) in [7, 11) is 1.41. The molecule has 0 radical (unpaired) electrons. The molecule has 2 atom stereocenters. The number of methoxy groups -OCH3 is 1. The molecular weight excluding hydrogens is 266 g/mol. The first-order chi connectivity index (χ1) is 10.3. The minimum Gasteiger partial charge on any atom is -0.453 e. The molecule has 0 aliphatic carbocycles. The quantitative estimate of drug-likeness (QED) is 0.869. The highest BCUT2D eigenvalue weighted by molar-refractivity contribution is 5.67. The van der Waals surface area contributed by atoms with Crippen molar-refractivity contribution in [1.29, 1.82) is 0 Å². The van der Waals surface area contributed by atoms with Gasteiger partial charge in [0.05, 0.1) is 7.11 Å². The van der Waals surface area contributed by atoms with Gasteiger partial charge in [0.25, 0.3) is 0 Å². The van der Waals surface area contributed by atoms with E-state index in [0.29, 0.717) is 6.04 Å². The molecule has 1 fully saturated rings. The molecule has 21 heavy (non-hydrogen) atoms. The second-order valence-electron chi connectivity index (χ2n) is 5.80. The molecule has 2 N–H and O–H groups in total. The molecule has 2 aliphatic rings. The smallest absolute Gasteiger partial charge is 0.407 e. The number of hydrogen-bond donors (Lipinski definition) is 2. The number of amides is 1. The van der Waals surface area contributed by atoms with E-state index in [1.165, 1.54) is 18.2 Å². The summed E-state index contributed by atoms with van der Waals surface area (Å²) in [6, 6.07) is 9.32. The summed E-state index contributed by atoms with van der Waals surface area (Å²) in [5.74, 6) is 0. The average Bonchev–Trinajstić information content (AvgIpc) is 2.85. The van der Waals surface area contributed by atoms with Gasteiger partial charge in [-0.05, 0) is 30.5 Å². The predicted octanol–water partition coefficient (Wildman–Crippen LogP) is 1.65. The third-order valence-electron chi connectivity index (χ3n) is 4.49. The zero-order chi connectivity index (χ0) is 14.7. The lowest BCUT2D eigenvalue weighted by molar-refractivity contribution is 0.165. The van der Waals surface area contributed by atoms with Crippen LogP contribution in [0.25, 0.3) is 0 Å². The summed E-state index contributed by atoms with van der Waals surface area (Å²) in [6.45, 7) is 3.90. The van der Waals surface area contributed by atoms with Crippen molar-refractivity contribution >= 4 is 6.09 Å². The van der Waals surface area contributed by atoms with E-state index < -0.39 is 0 Å². The lowest BCUT2D eigenvalue weighted by Crippen LogP contribution is -2.38. The fraction of sp³-hybridized carbons (Fsp3) is 0.562. The Hall–Kier alpha value is -1.59. The number of ether oxygens (including phenoxy) is 1. The van der Waals surface area contributed by atoms with E-state index in [0.717, 1.165) is 39.0 Å². The molecule has 5 nitrogen and oxygen atoms in total. The Kier molecular flexibility index (Phi) is 4.41. The van der Waals surface area contributed by atoms with E-state index in [-0.39, 0.29) is 12.1 Å². The van der Waals surface area contributed by atoms with E-state index in [2.05, 4.69) is 39.8 Å². The van der Waals surface area contributed by atoms with Crippen LogP contribution in [0.15, 0.2) is 24.3 Å². The van der Waals surface area contributed by atoms with Crippen molar-refractivity contribution in [1.82, 2.24) is 15.5 Å². The van der Waals surface area contributed by atoms with Crippen LogP contribution < -0.4 is 10.6 Å². The van der Waals surface area contributed by atoms with Crippen LogP contribution in [0, 0.1) is 0 Å². The van der Waals surface area contributed by atoms with Crippen LogP contribution in [0.1, 0.15) is 30.0 Å². The van der Waals surface area contributed by atoms with E-state index in [4.69, 9.17) is 4.74 Å². The molecule has 5 heteroatoms. The van der Waals surface area contributed by atoms with Crippen LogP contribution in [0.5, 0.6) is 0 Å². The molecule has 0 aromatic heterocycles. The Bertz CT molecular complexity index is 506. The van der Waals surface area contributed by atoms with Crippen LogP contribution in [-0.2, 0) is 11.3 Å². The largest absolute Gasteiger partial charge is 0.453 e. The van der Waals surface area contributed by atoms with Gasteiger partial charge in [-0.2, -0.15) is 0 Å². The number of fused-ring (bicyclic) bond motifs is 1. The zero-order valence-corrected chi connectivity index (χ0v) is 12.5. The van der Waals surface area contributed by atoms with Gasteiger partial charge < -0.3 is 15.4 Å². The highest BCUT2D eigenvalue weighted by Gasteiger charge is 2.31. The van der Waals surface area contributed by atoms with Gasteiger partial charge in [-0.3, -0.25) is 4.90 Å². The van der Waals surface area contributed by atoms with Crippen LogP contribution in [0.4, 0.5) is 4.79 Å². The lowest BCUT2D eigenvalue weighted by Gasteiger charge is -2.28. The molecule has 3 rings (SSSR count). The molecule has 2 aliphatic heterocycles. The van der Waals surface area contributed by atoms with Crippen molar-refractivity contribution in [2.75, 3.05) is 26.7 Å². The fourth-order valence-corrected chi connectivity index (χ4v) is 3.43. The minimum absolute atomic E-state index is 0.195. The first-order valence-electron chi connectivity index (χ1n) is 7.65. The SMILES string of the molecule is COC(=O)NC1CCN(C2CCNCc3ccccc32)C1. The molecule has 2 unspecified atom stereocenters. The highest BCUT2D eigenvalue weighted by Crippen LogP contribution is 2.31. The Morgan fingerprint density at radius 2 is 2.24 bits per heavy atom. The number of alkyl carbamates (subject to hydrolysis) is 1. The third kappa shape index (κ3) is 3.19. The molecule has 1 aromatic rings. The van der Waals surface area contributed by atoms with Gasteiger partial charge in [-0.25, -0.2) is 4.79 Å². The maximum atomic E-state index is 11.3. The van der Waals surface area contributed by atoms with Crippen LogP contribution in [-0.4, -0.2) is 43.8 Å². The molecule has 2 heterocycles. The summed E-state index contributed by atoms with van der Waals surface area (Å²) in [6.07, 6.45) is 1.77. The number of nitrogens with one attached hydrogen (secondary N) is 2. The van der Waals surface area contributed by atoms with Crippen molar-refractivity contribution in [2.45, 2.75) is 31.5 Å². The Labute approximate surface area is 125 Å². The van der Waals surface area contributed by atoms with Crippen LogP contribution >= 0.6 is 0 Å². The molecule has 1 amide bonds. The zero-order valence-electron chi connectivity index (χ0n) is 12.5. The van der Waals surface area contributed by atoms with Crippen LogP contribution in [0.2, 0.25) is 0 Å². The number of likely N-dealkylation sites (tertiary alicyclic amines) is 1. The second-order valence-corrected chi connectivity index (χ2v) is 5.80. The van der Waals surface area contributed by atoms with Crippen molar-refractivity contribution in [3.05, 3.63) is 35.4 Å². The van der Waals surface area contributed by atoms with Crippen molar-refractivity contribution < 1.29 is 9.53 Å². The maximum absolute atomic E-state index is 11.3. The monoisotopic (exact) mass is 289 g/mol. The van der Waals surface area contributed by atoms with Gasteiger partial charge in [-0.15, -0.1) is 0 Å². The lowest BCUT2D eigenvalue weighted by atomic mass is 9.98. The fourth-order valence-electron chi connectivity index (χ4n) is 3.43. The Morgan fingerprint density at radius 1 is 1.38 bits per heavy atom. The molecule has 114 valence electrons. The summed E-state index contributed by atoms with van der Waals surface area (Å²) >= 11 is 0. The topological polar surface area (TPSA) is 53.6 Å². The summed E-state index contributed by atoms with van der Waals surface area (Å²) in [4.78, 5) is 13.8. The van der Waals surface area contributed by atoms with E-state index >= 15 is 0 Å². The van der Waals surface area contributed by atoms with Gasteiger partial charge in [0.2, 0.25) is 0 Å². The number of benzene rings is 1. The molecule has 0 bridgehead atoms. The summed E-state index contributed by atoms with van der Waals surface area (Å²) in [5.41, 5.74) is 2.82. The van der Waals surface area contributed by atoms with Gasteiger partial charge >= 0.3 is 6.09 Å². The highest BCUT2D eigenvalue weighted by atomic mass is 16.5. The average molecular weight is 289 g/mol. The Balaban J connectivity index is 1.71. The van der Waals surface area contributed by atoms with Gasteiger partial charge in [0.1, 0.15) is 0 Å². The first kappa shape index (κ1) is 14.4. The predicted molar refractivity (Wildman–Crippen MR) is 81.0 cm³/mol. The standard InChI is InChI=1S/C16H23N3O2/c1-21-16(20)18-13-7-9-19(11-13)15-6-8-17-10-12-4-2-3-5-14(12)15/h2-5,13,15,17H,6-11H2,1H3,(H,18,20). The third-order valence-corrected chi connectivity index (χ3v) is 4.49. The first-order valence-corrected chi connectivity index (χ1v) is 7.65. The van der Waals surface area contributed by atoms with Crippen molar-refractivity contribution in [3.63, 3.8) is 0 Å². The van der Waals surface area contributed by atoms with E-state index in [1.807, 2.05) is 0 Å². The van der Waals surface area contributed by atoms with Crippen molar-refractivity contribution in [2.24, 2.45) is 0 Å². The second kappa shape index (κ2) is 6.45. The van der Waals surface area contributed by atoms with Crippen molar-refractivity contribution in [3.8, 4) is 0 Å². The summed E-state index contributed by atoms with van der Waals surface area (Å²) < 4.78 is 4.69. The van der Waals surface area contributed by atoms with E-state index in [1.54, 1.807) is 0 Å². The Morgan fingerprint density at radius 3 is 3.10 bits per heavy atom. The van der Waals surface area contributed by atoms with Gasteiger partial charge in [-0.1, -0.05) is 24.3 Å². The van der Waals surface area contributed by atoms with Crippen LogP contribution in [0.3, 0.4) is 0 Å².